The smallest absolute Gasteiger partial charge is 0.410 e. The average Bonchev–Trinajstić information content (AvgIpc) is 2.37. The first-order chi connectivity index (χ1) is 9.38. The lowest BCUT2D eigenvalue weighted by molar-refractivity contribution is 0.00942. The van der Waals surface area contributed by atoms with Gasteiger partial charge in [0.15, 0.2) is 0 Å². The first-order valence-corrected chi connectivity index (χ1v) is 7.28. The molecule has 4 nitrogen and oxygen atoms in total. The molecular weight excluding hydrogens is 252 g/mol. The molecule has 20 heavy (non-hydrogen) atoms. The Kier molecular flexibility index (Phi) is 4.31. The first-order valence-electron chi connectivity index (χ1n) is 7.28. The zero-order valence-corrected chi connectivity index (χ0v) is 12.8. The molecule has 1 aliphatic rings. The van der Waals surface area contributed by atoms with Crippen LogP contribution in [0, 0.1) is 6.92 Å². The Morgan fingerprint density at radius 2 is 2.15 bits per heavy atom. The van der Waals surface area contributed by atoms with E-state index in [-0.39, 0.29) is 12.1 Å². The minimum absolute atomic E-state index is 0.0901. The molecule has 0 aliphatic carbocycles. The van der Waals surface area contributed by atoms with E-state index in [4.69, 9.17) is 4.74 Å². The molecular formula is C16H24N2O2. The van der Waals surface area contributed by atoms with Crippen molar-refractivity contribution < 1.29 is 9.53 Å². The van der Waals surface area contributed by atoms with Gasteiger partial charge in [0, 0.05) is 18.9 Å². The minimum Gasteiger partial charge on any atom is -0.444 e. The van der Waals surface area contributed by atoms with E-state index in [1.807, 2.05) is 37.9 Å². The number of piperidine rings is 1. The summed E-state index contributed by atoms with van der Waals surface area (Å²) >= 11 is 0. The summed E-state index contributed by atoms with van der Waals surface area (Å²) in [5, 5.41) is 0. The molecule has 2 rings (SSSR count). The van der Waals surface area contributed by atoms with Crippen LogP contribution in [0.5, 0.6) is 0 Å². The largest absolute Gasteiger partial charge is 0.444 e. The van der Waals surface area contributed by atoms with Crippen LogP contribution in [0.25, 0.3) is 0 Å². The molecule has 2 heterocycles. The zero-order chi connectivity index (χ0) is 14.8. The number of hydrogen-bond acceptors (Lipinski definition) is 3. The highest BCUT2D eigenvalue weighted by Gasteiger charge is 2.32. The van der Waals surface area contributed by atoms with Crippen molar-refractivity contribution in [3.63, 3.8) is 0 Å². The molecule has 0 spiro atoms. The molecule has 1 aliphatic heterocycles. The molecule has 1 amide bonds. The van der Waals surface area contributed by atoms with Crippen molar-refractivity contribution in [2.24, 2.45) is 0 Å². The molecule has 4 heteroatoms. The van der Waals surface area contributed by atoms with E-state index in [9.17, 15) is 4.79 Å². The van der Waals surface area contributed by atoms with E-state index in [0.29, 0.717) is 0 Å². The molecule has 1 fully saturated rings. The molecule has 1 aromatic heterocycles. The van der Waals surface area contributed by atoms with Gasteiger partial charge in [-0.3, -0.25) is 4.98 Å². The summed E-state index contributed by atoms with van der Waals surface area (Å²) in [6, 6.07) is 2.09. The molecule has 0 saturated carbocycles. The average molecular weight is 276 g/mol. The fraction of sp³-hybridized carbons (Fsp3) is 0.625. The minimum atomic E-state index is -0.455. The van der Waals surface area contributed by atoms with Gasteiger partial charge in [0.25, 0.3) is 0 Å². The lowest BCUT2D eigenvalue weighted by atomic mass is 9.94. The van der Waals surface area contributed by atoms with Gasteiger partial charge in [-0.25, -0.2) is 4.79 Å². The Hall–Kier alpha value is -1.58. The van der Waals surface area contributed by atoms with Crippen LogP contribution in [0.2, 0.25) is 0 Å². The van der Waals surface area contributed by atoms with Crippen LogP contribution in [0.1, 0.15) is 57.2 Å². The van der Waals surface area contributed by atoms with Gasteiger partial charge in [-0.05, 0) is 64.2 Å². The predicted molar refractivity (Wildman–Crippen MR) is 78.5 cm³/mol. The maximum Gasteiger partial charge on any atom is 0.410 e. The summed E-state index contributed by atoms with van der Waals surface area (Å²) < 4.78 is 5.54. The number of aryl methyl sites for hydroxylation is 1. The summed E-state index contributed by atoms with van der Waals surface area (Å²) in [5.41, 5.74) is 1.86. The van der Waals surface area contributed by atoms with Gasteiger partial charge < -0.3 is 9.64 Å². The van der Waals surface area contributed by atoms with Crippen molar-refractivity contribution in [3.8, 4) is 0 Å². The fourth-order valence-electron chi connectivity index (χ4n) is 2.62. The Morgan fingerprint density at radius 3 is 2.80 bits per heavy atom. The highest BCUT2D eigenvalue weighted by molar-refractivity contribution is 5.69. The van der Waals surface area contributed by atoms with E-state index >= 15 is 0 Å². The number of nitrogens with zero attached hydrogens (tertiary/aromatic N) is 2. The third kappa shape index (κ3) is 3.50. The number of pyridine rings is 1. The van der Waals surface area contributed by atoms with Crippen molar-refractivity contribution in [1.29, 1.82) is 0 Å². The summed E-state index contributed by atoms with van der Waals surface area (Å²) in [7, 11) is 0. The number of amides is 1. The van der Waals surface area contributed by atoms with Crippen LogP contribution in [0.15, 0.2) is 18.5 Å². The number of ether oxygens (including phenoxy) is 1. The van der Waals surface area contributed by atoms with Crippen molar-refractivity contribution >= 4 is 6.09 Å². The molecule has 0 radical (unpaired) electrons. The van der Waals surface area contributed by atoms with Crippen molar-refractivity contribution in [2.45, 2.75) is 58.6 Å². The number of aromatic nitrogens is 1. The maximum absolute atomic E-state index is 12.4. The van der Waals surface area contributed by atoms with Crippen LogP contribution in [0.4, 0.5) is 4.79 Å². The number of rotatable bonds is 1. The topological polar surface area (TPSA) is 42.4 Å². The number of hydrogen-bond donors (Lipinski definition) is 0. The van der Waals surface area contributed by atoms with Gasteiger partial charge >= 0.3 is 6.09 Å². The monoisotopic (exact) mass is 276 g/mol. The number of carbonyl (C=O) groups is 1. The Bertz CT molecular complexity index is 480. The SMILES string of the molecule is Cc1ccncc1[C@@H]1CCCCN1C(=O)OC(C)(C)C. The summed E-state index contributed by atoms with van der Waals surface area (Å²) in [4.78, 5) is 18.5. The summed E-state index contributed by atoms with van der Waals surface area (Å²) in [6.07, 6.45) is 6.60. The maximum atomic E-state index is 12.4. The number of carbonyl (C=O) groups excluding carboxylic acids is 1. The normalized spacial score (nSPS) is 19.8. The predicted octanol–water partition coefficient (Wildman–Crippen LogP) is 3.85. The van der Waals surface area contributed by atoms with Gasteiger partial charge in [0.2, 0.25) is 0 Å². The second-order valence-corrected chi connectivity index (χ2v) is 6.42. The zero-order valence-electron chi connectivity index (χ0n) is 12.8. The molecule has 0 unspecified atom stereocenters. The summed E-state index contributed by atoms with van der Waals surface area (Å²) in [5.74, 6) is 0. The fourth-order valence-corrected chi connectivity index (χ4v) is 2.62. The highest BCUT2D eigenvalue weighted by Crippen LogP contribution is 2.33. The molecule has 1 atom stereocenters. The number of likely N-dealkylation sites (tertiary alicyclic amines) is 1. The summed E-state index contributed by atoms with van der Waals surface area (Å²) in [6.45, 7) is 8.53. The van der Waals surface area contributed by atoms with Crippen molar-refractivity contribution in [2.75, 3.05) is 6.54 Å². The quantitative estimate of drug-likeness (QED) is 0.782. The Labute approximate surface area is 121 Å². The second kappa shape index (κ2) is 5.81. The third-order valence-corrected chi connectivity index (χ3v) is 3.57. The van der Waals surface area contributed by atoms with Gasteiger partial charge in [-0.15, -0.1) is 0 Å². The third-order valence-electron chi connectivity index (χ3n) is 3.57. The van der Waals surface area contributed by atoms with E-state index < -0.39 is 5.60 Å². The standard InChI is InChI=1S/C16H24N2O2/c1-12-8-9-17-11-13(12)14-7-5-6-10-18(14)15(19)20-16(2,3)4/h8-9,11,14H,5-7,10H2,1-4H3/t14-/m0/s1. The second-order valence-electron chi connectivity index (χ2n) is 6.42. The van der Waals surface area contributed by atoms with Crippen LogP contribution >= 0.6 is 0 Å². The van der Waals surface area contributed by atoms with Crippen LogP contribution in [-0.2, 0) is 4.74 Å². The Morgan fingerprint density at radius 1 is 1.40 bits per heavy atom. The van der Waals surface area contributed by atoms with Crippen LogP contribution < -0.4 is 0 Å². The van der Waals surface area contributed by atoms with Crippen molar-refractivity contribution in [1.82, 2.24) is 9.88 Å². The van der Waals surface area contributed by atoms with Crippen molar-refractivity contribution in [3.05, 3.63) is 29.6 Å². The van der Waals surface area contributed by atoms with Gasteiger partial charge in [0.05, 0.1) is 6.04 Å². The van der Waals surface area contributed by atoms with Gasteiger partial charge in [-0.2, -0.15) is 0 Å². The first kappa shape index (κ1) is 14.8. The van der Waals surface area contributed by atoms with Gasteiger partial charge in [-0.1, -0.05) is 0 Å². The molecule has 0 bridgehead atoms. The van der Waals surface area contributed by atoms with Crippen LogP contribution in [-0.4, -0.2) is 28.1 Å². The lowest BCUT2D eigenvalue weighted by Crippen LogP contribution is -2.42. The lowest BCUT2D eigenvalue weighted by Gasteiger charge is -2.37. The molecule has 1 saturated heterocycles. The van der Waals surface area contributed by atoms with Crippen LogP contribution in [0.3, 0.4) is 0 Å². The van der Waals surface area contributed by atoms with Gasteiger partial charge in [0.1, 0.15) is 5.60 Å². The van der Waals surface area contributed by atoms with E-state index in [2.05, 4.69) is 11.9 Å². The molecule has 0 aromatic carbocycles. The highest BCUT2D eigenvalue weighted by atomic mass is 16.6. The van der Waals surface area contributed by atoms with E-state index in [1.165, 1.54) is 5.56 Å². The molecule has 110 valence electrons. The Balaban J connectivity index is 2.22. The van der Waals surface area contributed by atoms with E-state index in [1.54, 1.807) is 6.20 Å². The molecule has 1 aromatic rings. The van der Waals surface area contributed by atoms with E-state index in [0.717, 1.165) is 31.4 Å². The molecule has 0 N–H and O–H groups in total.